The minimum absolute atomic E-state index is 0.0360. The number of amides is 1. The number of hydrogen-bond acceptors (Lipinski definition) is 7. The zero-order chi connectivity index (χ0) is 23.7. The van der Waals surface area contributed by atoms with Crippen LogP contribution in [0.3, 0.4) is 0 Å². The number of aromatic hydroxyl groups is 1. The minimum Gasteiger partial charge on any atom is -0.507 e. The molecular formula is C23H27N5O2S. The summed E-state index contributed by atoms with van der Waals surface area (Å²) in [6.45, 7) is 11.9. The highest BCUT2D eigenvalue weighted by Gasteiger charge is 2.29. The van der Waals surface area contributed by atoms with E-state index in [4.69, 9.17) is 11.5 Å². The Morgan fingerprint density at radius 2 is 1.55 bits per heavy atom. The topological polar surface area (TPSA) is 150 Å². The molecule has 0 aliphatic heterocycles. The monoisotopic (exact) mass is 437 g/mol. The quantitative estimate of drug-likeness (QED) is 0.613. The number of benzene rings is 1. The van der Waals surface area contributed by atoms with Crippen molar-refractivity contribution in [2.24, 2.45) is 5.73 Å². The summed E-state index contributed by atoms with van der Waals surface area (Å²) in [7, 11) is 0. The summed E-state index contributed by atoms with van der Waals surface area (Å²) in [4.78, 5) is 15.4. The first-order valence-electron chi connectivity index (χ1n) is 9.65. The number of hydrogen-bond donors (Lipinski definition) is 3. The average Bonchev–Trinajstić information content (AvgIpc) is 2.64. The van der Waals surface area contributed by atoms with Gasteiger partial charge in [-0.3, -0.25) is 4.79 Å². The Kier molecular flexibility index (Phi) is 6.58. The number of nitriles is 2. The maximum atomic E-state index is 11.3. The molecule has 31 heavy (non-hydrogen) atoms. The lowest BCUT2D eigenvalue weighted by Crippen LogP contribution is -2.18. The zero-order valence-electron chi connectivity index (χ0n) is 18.6. The molecule has 1 aromatic carbocycles. The Morgan fingerprint density at radius 1 is 1.06 bits per heavy atom. The van der Waals surface area contributed by atoms with Gasteiger partial charge in [0, 0.05) is 16.7 Å². The van der Waals surface area contributed by atoms with Crippen molar-refractivity contribution in [2.75, 3.05) is 11.5 Å². The first kappa shape index (κ1) is 24.0. The first-order valence-corrected chi connectivity index (χ1v) is 10.6. The maximum absolute atomic E-state index is 11.3. The number of aromatic nitrogens is 1. The fourth-order valence-electron chi connectivity index (χ4n) is 3.25. The molecule has 8 heteroatoms. The predicted molar refractivity (Wildman–Crippen MR) is 122 cm³/mol. The smallest absolute Gasteiger partial charge is 0.227 e. The van der Waals surface area contributed by atoms with E-state index >= 15 is 0 Å². The van der Waals surface area contributed by atoms with Gasteiger partial charge in [0.2, 0.25) is 5.91 Å². The molecule has 0 aliphatic rings. The number of nitrogens with two attached hydrogens (primary N) is 2. The second kappa shape index (κ2) is 8.49. The second-order valence-electron chi connectivity index (χ2n) is 9.33. The van der Waals surface area contributed by atoms with Crippen molar-refractivity contribution in [2.45, 2.75) is 57.4 Å². The number of phenolic OH excluding ortho intramolecular Hbond substituents is 1. The van der Waals surface area contributed by atoms with Crippen LogP contribution >= 0.6 is 11.8 Å². The van der Waals surface area contributed by atoms with E-state index in [1.54, 1.807) is 12.1 Å². The molecule has 2 aromatic rings. The van der Waals surface area contributed by atoms with E-state index in [1.165, 1.54) is 0 Å². The summed E-state index contributed by atoms with van der Waals surface area (Å²) in [6, 6.07) is 7.74. The fraction of sp³-hybridized carbons (Fsp3) is 0.391. The van der Waals surface area contributed by atoms with Crippen molar-refractivity contribution < 1.29 is 9.90 Å². The van der Waals surface area contributed by atoms with E-state index in [1.807, 2.05) is 41.5 Å². The van der Waals surface area contributed by atoms with E-state index in [-0.39, 0.29) is 33.5 Å². The highest BCUT2D eigenvalue weighted by Crippen LogP contribution is 2.44. The highest BCUT2D eigenvalue weighted by molar-refractivity contribution is 8.00. The normalized spacial score (nSPS) is 11.6. The average molecular weight is 438 g/mol. The van der Waals surface area contributed by atoms with Gasteiger partial charge >= 0.3 is 0 Å². The van der Waals surface area contributed by atoms with Crippen molar-refractivity contribution in [3.63, 3.8) is 0 Å². The molecule has 0 radical (unpaired) electrons. The van der Waals surface area contributed by atoms with Crippen LogP contribution in [0.15, 0.2) is 17.2 Å². The Balaban J connectivity index is 3.00. The van der Waals surface area contributed by atoms with Crippen LogP contribution in [0, 0.1) is 22.7 Å². The van der Waals surface area contributed by atoms with Gasteiger partial charge < -0.3 is 16.6 Å². The molecule has 162 valence electrons. The molecule has 0 bridgehead atoms. The molecule has 0 unspecified atom stereocenters. The Morgan fingerprint density at radius 3 is 1.94 bits per heavy atom. The van der Waals surface area contributed by atoms with Gasteiger partial charge in [-0.15, -0.1) is 0 Å². The van der Waals surface area contributed by atoms with Crippen molar-refractivity contribution in [3.8, 4) is 29.0 Å². The molecule has 0 saturated heterocycles. The number of thioether (sulfide) groups is 1. The number of nitrogen functional groups attached to an aromatic ring is 1. The van der Waals surface area contributed by atoms with Gasteiger partial charge in [-0.2, -0.15) is 10.5 Å². The van der Waals surface area contributed by atoms with Gasteiger partial charge in [0.25, 0.3) is 0 Å². The molecule has 0 saturated carbocycles. The lowest BCUT2D eigenvalue weighted by molar-refractivity contribution is -0.115. The number of anilines is 1. The van der Waals surface area contributed by atoms with Crippen LogP contribution in [0.4, 0.5) is 5.82 Å². The minimum atomic E-state index is -0.560. The predicted octanol–water partition coefficient (Wildman–Crippen LogP) is 3.95. The zero-order valence-corrected chi connectivity index (χ0v) is 19.4. The molecule has 0 spiro atoms. The molecule has 2 rings (SSSR count). The second-order valence-corrected chi connectivity index (χ2v) is 10.3. The van der Waals surface area contributed by atoms with Crippen LogP contribution in [-0.2, 0) is 15.6 Å². The van der Waals surface area contributed by atoms with Gasteiger partial charge in [0.1, 0.15) is 34.3 Å². The largest absolute Gasteiger partial charge is 0.507 e. The van der Waals surface area contributed by atoms with Gasteiger partial charge in [0.15, 0.2) is 0 Å². The summed E-state index contributed by atoms with van der Waals surface area (Å²) in [5.41, 5.74) is 13.0. The van der Waals surface area contributed by atoms with Crippen LogP contribution in [0.5, 0.6) is 5.75 Å². The van der Waals surface area contributed by atoms with E-state index in [0.717, 1.165) is 11.8 Å². The van der Waals surface area contributed by atoms with Gasteiger partial charge in [0.05, 0.1) is 11.3 Å². The number of phenols is 1. The maximum Gasteiger partial charge on any atom is 0.227 e. The van der Waals surface area contributed by atoms with E-state index in [2.05, 4.69) is 17.1 Å². The van der Waals surface area contributed by atoms with E-state index in [9.17, 15) is 20.4 Å². The Labute approximate surface area is 187 Å². The SMILES string of the molecule is CC(C)(C)c1cc(-c2c(C#N)c(N)nc(SCC(N)=O)c2C#N)cc(C(C)(C)C)c1O. The molecule has 0 aliphatic carbocycles. The summed E-state index contributed by atoms with van der Waals surface area (Å²) in [5.74, 6) is -0.491. The molecule has 1 amide bonds. The molecule has 0 fully saturated rings. The van der Waals surface area contributed by atoms with Crippen molar-refractivity contribution in [1.82, 2.24) is 4.98 Å². The number of carbonyl (C=O) groups is 1. The van der Waals surface area contributed by atoms with Gasteiger partial charge in [-0.25, -0.2) is 4.98 Å². The van der Waals surface area contributed by atoms with Crippen molar-refractivity contribution in [3.05, 3.63) is 34.4 Å². The van der Waals surface area contributed by atoms with Gasteiger partial charge in [-0.1, -0.05) is 53.3 Å². The summed E-state index contributed by atoms with van der Waals surface area (Å²) < 4.78 is 0. The number of nitrogens with zero attached hydrogens (tertiary/aromatic N) is 3. The van der Waals surface area contributed by atoms with E-state index in [0.29, 0.717) is 22.3 Å². The number of rotatable bonds is 4. The summed E-state index contributed by atoms with van der Waals surface area (Å²) in [5, 5.41) is 31.0. The number of primary amides is 1. The lowest BCUT2D eigenvalue weighted by atomic mass is 9.77. The fourth-order valence-corrected chi connectivity index (χ4v) is 3.99. The highest BCUT2D eigenvalue weighted by atomic mass is 32.2. The number of carbonyl (C=O) groups excluding carboxylic acids is 1. The van der Waals surface area contributed by atoms with Crippen LogP contribution in [0.25, 0.3) is 11.1 Å². The van der Waals surface area contributed by atoms with Crippen molar-refractivity contribution in [1.29, 1.82) is 10.5 Å². The molecule has 0 atom stereocenters. The van der Waals surface area contributed by atoms with Crippen LogP contribution < -0.4 is 11.5 Å². The molecule has 5 N–H and O–H groups in total. The lowest BCUT2D eigenvalue weighted by Gasteiger charge is -2.28. The van der Waals surface area contributed by atoms with Crippen LogP contribution in [0.1, 0.15) is 63.8 Å². The molecule has 1 heterocycles. The molecule has 7 nitrogen and oxygen atoms in total. The third kappa shape index (κ3) is 4.92. The Hall–Kier alpha value is -3.23. The van der Waals surface area contributed by atoms with Gasteiger partial charge in [-0.05, 0) is 28.5 Å². The van der Waals surface area contributed by atoms with Crippen molar-refractivity contribution >= 4 is 23.5 Å². The summed E-state index contributed by atoms with van der Waals surface area (Å²) >= 11 is 0.998. The standard InChI is InChI=1S/C23H27N5O2S/c1-22(2,3)15-7-12(8-16(19(15)30)23(4,5)6)18-13(9-24)20(27)28-21(14(18)10-25)31-11-17(26)29/h7-8,30H,11H2,1-6H3,(H2,26,29)(H2,27,28). The first-order chi connectivity index (χ1) is 14.2. The van der Waals surface area contributed by atoms with E-state index < -0.39 is 16.7 Å². The third-order valence-corrected chi connectivity index (χ3v) is 5.78. The molecular weight excluding hydrogens is 410 g/mol. The summed E-state index contributed by atoms with van der Waals surface area (Å²) in [6.07, 6.45) is 0. The van der Waals surface area contributed by atoms with Crippen LogP contribution in [0.2, 0.25) is 0 Å². The third-order valence-electron chi connectivity index (χ3n) is 4.78. The van der Waals surface area contributed by atoms with Crippen LogP contribution in [-0.4, -0.2) is 21.8 Å². The Bertz CT molecular complexity index is 1090. The number of pyridine rings is 1. The molecule has 1 aromatic heterocycles.